The van der Waals surface area contributed by atoms with Gasteiger partial charge in [-0.3, -0.25) is 0 Å². The molecular weight excluding hydrogens is 418 g/mol. The molecule has 3 rings (SSSR count). The number of hydrogen-bond acceptors (Lipinski definition) is 5. The zero-order chi connectivity index (χ0) is 21.6. The summed E-state index contributed by atoms with van der Waals surface area (Å²) in [6, 6.07) is 15.9. The first-order valence-electron chi connectivity index (χ1n) is 9.46. The maximum atomic E-state index is 12.5. The molecule has 0 aliphatic heterocycles. The van der Waals surface area contributed by atoms with Gasteiger partial charge in [0.25, 0.3) is 10.0 Å². The van der Waals surface area contributed by atoms with Crippen molar-refractivity contribution in [2.45, 2.75) is 31.1 Å². The number of hydrogen-bond donors (Lipinski definition) is 3. The van der Waals surface area contributed by atoms with E-state index in [2.05, 4.69) is 45.2 Å². The lowest BCUT2D eigenvalue weighted by molar-refractivity contribution is 0.601. The molecular formula is C21H23N5O2S2. The van der Waals surface area contributed by atoms with Crippen molar-refractivity contribution < 1.29 is 8.42 Å². The van der Waals surface area contributed by atoms with Gasteiger partial charge in [0, 0.05) is 23.8 Å². The number of sulfonamides is 1. The third kappa shape index (κ3) is 5.52. The Labute approximate surface area is 182 Å². The van der Waals surface area contributed by atoms with E-state index in [-0.39, 0.29) is 10.8 Å². The molecule has 0 saturated heterocycles. The Kier molecular flexibility index (Phi) is 6.96. The second kappa shape index (κ2) is 9.64. The summed E-state index contributed by atoms with van der Waals surface area (Å²) < 4.78 is 27.3. The Morgan fingerprint density at radius 2 is 1.67 bits per heavy atom. The van der Waals surface area contributed by atoms with Crippen LogP contribution in [-0.4, -0.2) is 23.5 Å². The van der Waals surface area contributed by atoms with Crippen LogP contribution in [0.4, 0.5) is 17.3 Å². The van der Waals surface area contributed by atoms with E-state index in [9.17, 15) is 8.42 Å². The van der Waals surface area contributed by atoms with E-state index in [1.807, 2.05) is 18.2 Å². The van der Waals surface area contributed by atoms with E-state index < -0.39 is 10.0 Å². The molecule has 7 nitrogen and oxygen atoms in total. The molecule has 1 heterocycles. The van der Waals surface area contributed by atoms with Gasteiger partial charge in [-0.1, -0.05) is 32.0 Å². The highest BCUT2D eigenvalue weighted by Crippen LogP contribution is 2.26. The lowest BCUT2D eigenvalue weighted by Gasteiger charge is -2.17. The average molecular weight is 442 g/mol. The number of aromatic nitrogens is 2. The third-order valence-corrected chi connectivity index (χ3v) is 6.11. The Bertz CT molecular complexity index is 1100. The molecule has 0 spiro atoms. The maximum absolute atomic E-state index is 12.5. The number of benzene rings is 2. The standard InChI is InChI=1S/C21H23N5O2S2/c1-3-15(2)18-7-4-5-8-19(18)25-21(29)24-16-9-11-17(12-10-16)30(27,28)26-20-22-13-6-14-23-20/h4-15H,3H2,1-2H3,(H,22,23,26)(H2,24,25,29). The van der Waals surface area contributed by atoms with E-state index in [0.717, 1.165) is 12.1 Å². The first kappa shape index (κ1) is 21.7. The molecule has 30 heavy (non-hydrogen) atoms. The summed E-state index contributed by atoms with van der Waals surface area (Å²) in [5.74, 6) is 0.423. The van der Waals surface area contributed by atoms with Gasteiger partial charge in [-0.05, 0) is 66.5 Å². The van der Waals surface area contributed by atoms with Crippen LogP contribution in [0.25, 0.3) is 0 Å². The van der Waals surface area contributed by atoms with Gasteiger partial charge in [-0.25, -0.2) is 23.1 Å². The summed E-state index contributed by atoms with van der Waals surface area (Å²) in [4.78, 5) is 7.84. The lowest BCUT2D eigenvalue weighted by Crippen LogP contribution is -2.20. The molecule has 1 atom stereocenters. The van der Waals surface area contributed by atoms with Crippen LogP contribution < -0.4 is 15.4 Å². The molecule has 1 unspecified atom stereocenters. The zero-order valence-electron chi connectivity index (χ0n) is 16.7. The van der Waals surface area contributed by atoms with Gasteiger partial charge >= 0.3 is 0 Å². The lowest BCUT2D eigenvalue weighted by atomic mass is 9.97. The Morgan fingerprint density at radius 1 is 1.00 bits per heavy atom. The SMILES string of the molecule is CCC(C)c1ccccc1NC(=S)Nc1ccc(S(=O)(=O)Nc2ncccn2)cc1. The van der Waals surface area contributed by atoms with Crippen molar-refractivity contribution in [3.8, 4) is 0 Å². The summed E-state index contributed by atoms with van der Waals surface area (Å²) in [7, 11) is -3.78. The van der Waals surface area contributed by atoms with Crippen LogP contribution in [0.3, 0.4) is 0 Å². The number of thiocarbonyl (C=S) groups is 1. The van der Waals surface area contributed by atoms with Crippen LogP contribution in [0.1, 0.15) is 31.7 Å². The summed E-state index contributed by atoms with van der Waals surface area (Å²) >= 11 is 5.42. The van der Waals surface area contributed by atoms with E-state index in [0.29, 0.717) is 16.7 Å². The van der Waals surface area contributed by atoms with Gasteiger partial charge in [0.2, 0.25) is 5.95 Å². The smallest absolute Gasteiger partial charge is 0.264 e. The minimum atomic E-state index is -3.78. The second-order valence-corrected chi connectivity index (χ2v) is 8.77. The minimum Gasteiger partial charge on any atom is -0.332 e. The van der Waals surface area contributed by atoms with Crippen molar-refractivity contribution in [1.82, 2.24) is 9.97 Å². The molecule has 3 N–H and O–H groups in total. The highest BCUT2D eigenvalue weighted by molar-refractivity contribution is 7.92. The number of nitrogens with zero attached hydrogens (tertiary/aromatic N) is 2. The van der Waals surface area contributed by atoms with Crippen LogP contribution in [0.15, 0.2) is 71.9 Å². The fraction of sp³-hybridized carbons (Fsp3) is 0.190. The maximum Gasteiger partial charge on any atom is 0.264 e. The molecule has 0 aliphatic carbocycles. The largest absolute Gasteiger partial charge is 0.332 e. The topological polar surface area (TPSA) is 96.0 Å². The number of para-hydroxylation sites is 1. The predicted molar refractivity (Wildman–Crippen MR) is 124 cm³/mol. The Hall–Kier alpha value is -3.04. The van der Waals surface area contributed by atoms with E-state index >= 15 is 0 Å². The first-order chi connectivity index (χ1) is 14.4. The van der Waals surface area contributed by atoms with Gasteiger partial charge in [-0.2, -0.15) is 0 Å². The number of rotatable bonds is 7. The molecule has 3 aromatic rings. The average Bonchev–Trinajstić information content (AvgIpc) is 2.74. The monoisotopic (exact) mass is 441 g/mol. The number of anilines is 3. The molecule has 0 fully saturated rings. The zero-order valence-corrected chi connectivity index (χ0v) is 18.3. The molecule has 2 aromatic carbocycles. The van der Waals surface area contributed by atoms with Crippen LogP contribution >= 0.6 is 12.2 Å². The van der Waals surface area contributed by atoms with Gasteiger partial charge in [0.1, 0.15) is 0 Å². The Morgan fingerprint density at radius 3 is 2.33 bits per heavy atom. The molecule has 0 amide bonds. The van der Waals surface area contributed by atoms with Crippen molar-refractivity contribution >= 4 is 44.7 Å². The normalized spacial score (nSPS) is 12.1. The predicted octanol–water partition coefficient (Wildman–Crippen LogP) is 4.60. The van der Waals surface area contributed by atoms with Crippen molar-refractivity contribution in [3.63, 3.8) is 0 Å². The molecule has 0 radical (unpaired) electrons. The molecule has 156 valence electrons. The summed E-state index contributed by atoms with van der Waals surface area (Å²) in [6.07, 6.45) is 3.95. The van der Waals surface area contributed by atoms with Gasteiger partial charge in [0.15, 0.2) is 5.11 Å². The molecule has 0 bridgehead atoms. The quantitative estimate of drug-likeness (QED) is 0.461. The molecule has 0 saturated carbocycles. The van der Waals surface area contributed by atoms with Gasteiger partial charge in [-0.15, -0.1) is 0 Å². The highest BCUT2D eigenvalue weighted by Gasteiger charge is 2.15. The minimum absolute atomic E-state index is 0.0186. The van der Waals surface area contributed by atoms with Gasteiger partial charge in [0.05, 0.1) is 4.90 Å². The van der Waals surface area contributed by atoms with Gasteiger partial charge < -0.3 is 10.6 Å². The number of nitrogens with one attached hydrogen (secondary N) is 3. The first-order valence-corrected chi connectivity index (χ1v) is 11.3. The molecule has 9 heteroatoms. The van der Waals surface area contributed by atoms with E-state index in [1.165, 1.54) is 30.1 Å². The van der Waals surface area contributed by atoms with Crippen LogP contribution in [0.2, 0.25) is 0 Å². The Balaban J connectivity index is 1.67. The van der Waals surface area contributed by atoms with Crippen molar-refractivity contribution in [2.24, 2.45) is 0 Å². The molecule has 0 aliphatic rings. The van der Waals surface area contributed by atoms with Crippen LogP contribution in [0.5, 0.6) is 0 Å². The van der Waals surface area contributed by atoms with E-state index in [1.54, 1.807) is 18.2 Å². The summed E-state index contributed by atoms with van der Waals surface area (Å²) in [5, 5.41) is 6.74. The van der Waals surface area contributed by atoms with Crippen molar-refractivity contribution in [2.75, 3.05) is 15.4 Å². The van der Waals surface area contributed by atoms with E-state index in [4.69, 9.17) is 12.2 Å². The summed E-state index contributed by atoms with van der Waals surface area (Å²) in [6.45, 7) is 4.32. The van der Waals surface area contributed by atoms with Crippen molar-refractivity contribution in [3.05, 3.63) is 72.6 Å². The molecule has 1 aromatic heterocycles. The van der Waals surface area contributed by atoms with Crippen molar-refractivity contribution in [1.29, 1.82) is 0 Å². The second-order valence-electron chi connectivity index (χ2n) is 6.68. The fourth-order valence-corrected chi connectivity index (χ4v) is 3.98. The third-order valence-electron chi connectivity index (χ3n) is 4.57. The summed E-state index contributed by atoms with van der Waals surface area (Å²) in [5.41, 5.74) is 2.82. The highest BCUT2D eigenvalue weighted by atomic mass is 32.2. The fourth-order valence-electron chi connectivity index (χ4n) is 2.79. The van der Waals surface area contributed by atoms with Crippen LogP contribution in [0, 0.1) is 0 Å². The van der Waals surface area contributed by atoms with Crippen LogP contribution in [-0.2, 0) is 10.0 Å².